The predicted molar refractivity (Wildman–Crippen MR) is 43.8 cm³/mol. The molecule has 0 aromatic heterocycles. The third-order valence-corrected chi connectivity index (χ3v) is 1.37. The molecule has 0 saturated carbocycles. The quantitative estimate of drug-likeness (QED) is 0.430. The van der Waals surface area contributed by atoms with Gasteiger partial charge in [-0.05, 0) is 20.3 Å². The van der Waals surface area contributed by atoms with Gasteiger partial charge in [-0.2, -0.15) is 0 Å². The summed E-state index contributed by atoms with van der Waals surface area (Å²) in [6.07, 6.45) is 1.66. The second-order valence-electron chi connectivity index (χ2n) is 2.75. The molecule has 0 fully saturated rings. The Morgan fingerprint density at radius 3 is 2.10 bits per heavy atom. The van der Waals surface area contributed by atoms with Crippen LogP contribution in [-0.4, -0.2) is 6.29 Å². The van der Waals surface area contributed by atoms with E-state index in [-0.39, 0.29) is 5.92 Å². The van der Waals surface area contributed by atoms with Gasteiger partial charge in [0, 0.05) is 5.92 Å². The monoisotopic (exact) mass is 138 g/mol. The molecule has 1 unspecified atom stereocenters. The van der Waals surface area contributed by atoms with Crippen LogP contribution in [0, 0.1) is 5.92 Å². The molecule has 0 aliphatic heterocycles. The Hall–Kier alpha value is -0.850. The number of carbonyl (C=O) groups is 1. The van der Waals surface area contributed by atoms with Crippen LogP contribution in [0.25, 0.3) is 0 Å². The Balaban J connectivity index is 3.96. The van der Waals surface area contributed by atoms with E-state index in [1.54, 1.807) is 0 Å². The largest absolute Gasteiger partial charge is 0.303 e. The van der Waals surface area contributed by atoms with E-state index in [1.807, 2.05) is 13.8 Å². The van der Waals surface area contributed by atoms with Crippen LogP contribution in [-0.2, 0) is 4.79 Å². The Bertz CT molecular complexity index is 156. The number of carbonyl (C=O) groups excluding carboxylic acids is 1. The highest BCUT2D eigenvalue weighted by Crippen LogP contribution is 2.14. The lowest BCUT2D eigenvalue weighted by Crippen LogP contribution is -2.02. The van der Waals surface area contributed by atoms with Gasteiger partial charge in [0.1, 0.15) is 6.29 Å². The van der Waals surface area contributed by atoms with E-state index < -0.39 is 0 Å². The van der Waals surface area contributed by atoms with Crippen molar-refractivity contribution in [2.24, 2.45) is 5.92 Å². The van der Waals surface area contributed by atoms with Gasteiger partial charge in [-0.3, -0.25) is 0 Å². The van der Waals surface area contributed by atoms with Crippen molar-refractivity contribution in [1.29, 1.82) is 0 Å². The summed E-state index contributed by atoms with van der Waals surface area (Å²) in [6.45, 7) is 11.2. The molecule has 0 saturated heterocycles. The molecule has 56 valence electrons. The van der Waals surface area contributed by atoms with Crippen molar-refractivity contribution in [1.82, 2.24) is 0 Å². The Morgan fingerprint density at radius 2 is 2.00 bits per heavy atom. The Labute approximate surface area is 62.4 Å². The molecule has 0 aromatic rings. The minimum atomic E-state index is -0.0301. The number of rotatable bonds is 4. The minimum absolute atomic E-state index is 0.0301. The van der Waals surface area contributed by atoms with Crippen molar-refractivity contribution >= 4 is 6.29 Å². The van der Waals surface area contributed by atoms with Gasteiger partial charge in [0.15, 0.2) is 0 Å². The van der Waals surface area contributed by atoms with Crippen molar-refractivity contribution in [3.63, 3.8) is 0 Å². The zero-order valence-corrected chi connectivity index (χ0v) is 6.68. The van der Waals surface area contributed by atoms with E-state index in [0.29, 0.717) is 0 Å². The smallest absolute Gasteiger partial charge is 0.127 e. The number of hydrogen-bond acceptors (Lipinski definition) is 1. The molecule has 0 amide bonds. The molecular weight excluding hydrogens is 124 g/mol. The van der Waals surface area contributed by atoms with Crippen LogP contribution in [0.1, 0.15) is 20.3 Å². The first kappa shape index (κ1) is 9.15. The maximum absolute atomic E-state index is 10.4. The van der Waals surface area contributed by atoms with Gasteiger partial charge >= 0.3 is 0 Å². The summed E-state index contributed by atoms with van der Waals surface area (Å²) >= 11 is 0. The molecular formula is C9H14O. The van der Waals surface area contributed by atoms with Crippen molar-refractivity contribution in [3.05, 3.63) is 24.3 Å². The van der Waals surface area contributed by atoms with Gasteiger partial charge in [-0.1, -0.05) is 17.7 Å². The Kier molecular flexibility index (Phi) is 3.70. The van der Waals surface area contributed by atoms with Crippen LogP contribution in [0.5, 0.6) is 0 Å². The van der Waals surface area contributed by atoms with E-state index in [0.717, 1.165) is 23.9 Å². The normalized spacial score (nSPS) is 12.2. The predicted octanol–water partition coefficient (Wildman–Crippen LogP) is 2.34. The first-order chi connectivity index (χ1) is 4.57. The number of aldehydes is 1. The summed E-state index contributed by atoms with van der Waals surface area (Å²) in [6, 6.07) is 0. The number of allylic oxidation sites excluding steroid dienone is 2. The van der Waals surface area contributed by atoms with Crippen molar-refractivity contribution in [2.45, 2.75) is 20.3 Å². The highest BCUT2D eigenvalue weighted by Gasteiger charge is 2.06. The molecule has 1 atom stereocenters. The summed E-state index contributed by atoms with van der Waals surface area (Å²) in [4.78, 5) is 10.4. The van der Waals surface area contributed by atoms with Crippen LogP contribution in [0.2, 0.25) is 0 Å². The highest BCUT2D eigenvalue weighted by atomic mass is 16.1. The molecule has 0 N–H and O–H groups in total. The lowest BCUT2D eigenvalue weighted by molar-refractivity contribution is -0.110. The second kappa shape index (κ2) is 4.04. The van der Waals surface area contributed by atoms with Crippen molar-refractivity contribution in [2.75, 3.05) is 0 Å². The summed E-state index contributed by atoms with van der Waals surface area (Å²) in [5.74, 6) is -0.0301. The van der Waals surface area contributed by atoms with Gasteiger partial charge in [0.25, 0.3) is 0 Å². The highest BCUT2D eigenvalue weighted by molar-refractivity contribution is 5.58. The number of hydrogen-bond donors (Lipinski definition) is 0. The summed E-state index contributed by atoms with van der Waals surface area (Å²) in [7, 11) is 0. The summed E-state index contributed by atoms with van der Waals surface area (Å²) < 4.78 is 0. The van der Waals surface area contributed by atoms with E-state index in [4.69, 9.17) is 0 Å². The molecule has 10 heavy (non-hydrogen) atoms. The van der Waals surface area contributed by atoms with Crippen LogP contribution in [0.15, 0.2) is 24.3 Å². The zero-order chi connectivity index (χ0) is 8.15. The molecule has 0 bridgehead atoms. The standard InChI is InChI=1S/C9H14O/c1-7(2)5-9(6-10)8(3)4/h6,9H,1,3,5H2,2,4H3. The fraction of sp³-hybridized carbons (Fsp3) is 0.444. The topological polar surface area (TPSA) is 17.1 Å². The van der Waals surface area contributed by atoms with Crippen molar-refractivity contribution in [3.8, 4) is 0 Å². The molecule has 1 nitrogen and oxygen atoms in total. The average Bonchev–Trinajstić information content (AvgIpc) is 1.81. The zero-order valence-electron chi connectivity index (χ0n) is 6.68. The molecule has 0 aliphatic carbocycles. The van der Waals surface area contributed by atoms with E-state index in [1.165, 1.54) is 0 Å². The lowest BCUT2D eigenvalue weighted by atomic mass is 9.96. The van der Waals surface area contributed by atoms with Crippen LogP contribution in [0.4, 0.5) is 0 Å². The van der Waals surface area contributed by atoms with E-state index in [9.17, 15) is 4.79 Å². The fourth-order valence-corrected chi connectivity index (χ4v) is 0.714. The molecule has 0 rings (SSSR count). The lowest BCUT2D eigenvalue weighted by Gasteiger charge is -2.07. The molecule has 1 heteroatoms. The third kappa shape index (κ3) is 3.23. The van der Waals surface area contributed by atoms with Crippen LogP contribution < -0.4 is 0 Å². The SMILES string of the molecule is C=C(C)CC(C=O)C(=C)C. The first-order valence-electron chi connectivity index (χ1n) is 3.33. The van der Waals surface area contributed by atoms with Gasteiger partial charge in [-0.15, -0.1) is 6.58 Å². The van der Waals surface area contributed by atoms with Crippen LogP contribution >= 0.6 is 0 Å². The van der Waals surface area contributed by atoms with Gasteiger partial charge in [-0.25, -0.2) is 0 Å². The maximum Gasteiger partial charge on any atom is 0.127 e. The molecule has 0 aromatic carbocycles. The second-order valence-corrected chi connectivity index (χ2v) is 2.75. The van der Waals surface area contributed by atoms with Gasteiger partial charge in [0.2, 0.25) is 0 Å². The van der Waals surface area contributed by atoms with Crippen LogP contribution in [0.3, 0.4) is 0 Å². The van der Waals surface area contributed by atoms with E-state index in [2.05, 4.69) is 13.2 Å². The summed E-state index contributed by atoms with van der Waals surface area (Å²) in [5, 5.41) is 0. The van der Waals surface area contributed by atoms with Crippen molar-refractivity contribution < 1.29 is 4.79 Å². The fourth-order valence-electron chi connectivity index (χ4n) is 0.714. The third-order valence-electron chi connectivity index (χ3n) is 1.37. The molecule has 0 heterocycles. The van der Waals surface area contributed by atoms with Gasteiger partial charge < -0.3 is 4.79 Å². The molecule has 0 aliphatic rings. The molecule has 0 radical (unpaired) electrons. The summed E-state index contributed by atoms with van der Waals surface area (Å²) in [5.41, 5.74) is 1.94. The first-order valence-corrected chi connectivity index (χ1v) is 3.33. The molecule has 0 spiro atoms. The van der Waals surface area contributed by atoms with E-state index >= 15 is 0 Å². The maximum atomic E-state index is 10.4. The van der Waals surface area contributed by atoms with Gasteiger partial charge in [0.05, 0.1) is 0 Å². The Morgan fingerprint density at radius 1 is 1.50 bits per heavy atom. The minimum Gasteiger partial charge on any atom is -0.303 e. The average molecular weight is 138 g/mol.